The number of halogens is 2. The number of anilines is 2. The minimum Gasteiger partial charge on any atom is -0.484 e. The summed E-state index contributed by atoms with van der Waals surface area (Å²) in [6, 6.07) is 24.7. The van der Waals surface area contributed by atoms with Crippen molar-refractivity contribution in [3.8, 4) is 5.75 Å². The molecule has 0 spiro atoms. The van der Waals surface area contributed by atoms with Crippen LogP contribution in [-0.4, -0.2) is 39.6 Å². The van der Waals surface area contributed by atoms with Gasteiger partial charge in [0, 0.05) is 5.02 Å². The molecule has 4 aromatic carbocycles. The van der Waals surface area contributed by atoms with E-state index in [9.17, 15) is 18.0 Å². The number of hydrazone groups is 1. The minimum atomic E-state index is -4.09. The second-order valence-corrected chi connectivity index (χ2v) is 12.1. The summed E-state index contributed by atoms with van der Waals surface area (Å²) in [6.07, 6.45) is 1.40. The number of hydrogen-bond donors (Lipinski definition) is 2. The third-order valence-electron chi connectivity index (χ3n) is 6.12. The summed E-state index contributed by atoms with van der Waals surface area (Å²) in [5.41, 5.74) is 5.31. The number of nitrogens with zero attached hydrogens (tertiary/aromatic N) is 2. The van der Waals surface area contributed by atoms with Crippen LogP contribution in [0.1, 0.15) is 16.7 Å². The first-order valence-corrected chi connectivity index (χ1v) is 15.2. The van der Waals surface area contributed by atoms with E-state index in [0.29, 0.717) is 38.3 Å². The average Bonchev–Trinajstić information content (AvgIpc) is 2.97. The summed E-state index contributed by atoms with van der Waals surface area (Å²) >= 11 is 12.1. The largest absolute Gasteiger partial charge is 0.484 e. The Labute approximate surface area is 260 Å². The van der Waals surface area contributed by atoms with Gasteiger partial charge in [-0.15, -0.1) is 0 Å². The number of ether oxygens (including phenoxy) is 1. The molecule has 0 fully saturated rings. The number of carbonyl (C=O) groups excluding carboxylic acids is 2. The number of rotatable bonds is 11. The third kappa shape index (κ3) is 8.57. The summed E-state index contributed by atoms with van der Waals surface area (Å²) in [5, 5.41) is 7.51. The van der Waals surface area contributed by atoms with Gasteiger partial charge in [-0.1, -0.05) is 53.0 Å². The zero-order valence-electron chi connectivity index (χ0n) is 23.3. The molecule has 12 heteroatoms. The molecule has 0 heterocycles. The predicted octanol–water partition coefficient (Wildman–Crippen LogP) is 5.97. The Morgan fingerprint density at radius 1 is 0.907 bits per heavy atom. The van der Waals surface area contributed by atoms with Crippen LogP contribution in [-0.2, 0) is 19.6 Å². The van der Waals surface area contributed by atoms with Gasteiger partial charge in [0.25, 0.3) is 21.8 Å². The topological polar surface area (TPSA) is 117 Å². The van der Waals surface area contributed by atoms with Gasteiger partial charge >= 0.3 is 0 Å². The Hall–Kier alpha value is -4.38. The second kappa shape index (κ2) is 14.2. The Morgan fingerprint density at radius 2 is 1.60 bits per heavy atom. The maximum atomic E-state index is 13.6. The van der Waals surface area contributed by atoms with Crippen molar-refractivity contribution in [3.63, 3.8) is 0 Å². The monoisotopic (exact) mass is 638 g/mol. The van der Waals surface area contributed by atoms with Crippen LogP contribution in [0.3, 0.4) is 0 Å². The number of sulfonamides is 1. The minimum absolute atomic E-state index is 0.0485. The Morgan fingerprint density at radius 3 is 2.28 bits per heavy atom. The van der Waals surface area contributed by atoms with E-state index in [1.54, 1.807) is 85.8 Å². The van der Waals surface area contributed by atoms with Crippen molar-refractivity contribution in [1.29, 1.82) is 0 Å². The maximum absolute atomic E-state index is 13.6. The molecule has 0 saturated carbocycles. The lowest BCUT2D eigenvalue weighted by Crippen LogP contribution is -2.40. The molecular formula is C31H28Cl2N4O5S. The summed E-state index contributed by atoms with van der Waals surface area (Å²) in [7, 11) is -4.09. The summed E-state index contributed by atoms with van der Waals surface area (Å²) in [4.78, 5) is 25.1. The molecule has 0 saturated heterocycles. The van der Waals surface area contributed by atoms with E-state index in [1.165, 1.54) is 18.3 Å². The van der Waals surface area contributed by atoms with Crippen LogP contribution < -0.4 is 19.8 Å². The van der Waals surface area contributed by atoms with Gasteiger partial charge in [-0.25, -0.2) is 13.8 Å². The molecule has 0 aliphatic rings. The van der Waals surface area contributed by atoms with Crippen LogP contribution in [0.25, 0.3) is 0 Å². The van der Waals surface area contributed by atoms with Crippen LogP contribution in [0.15, 0.2) is 101 Å². The number of carbonyl (C=O) groups is 2. The molecule has 2 N–H and O–H groups in total. The fourth-order valence-electron chi connectivity index (χ4n) is 3.93. The molecule has 2 amide bonds. The second-order valence-electron chi connectivity index (χ2n) is 9.43. The molecule has 0 aromatic heterocycles. The van der Waals surface area contributed by atoms with Crippen molar-refractivity contribution in [2.45, 2.75) is 18.7 Å². The fourth-order valence-corrected chi connectivity index (χ4v) is 5.82. The highest BCUT2D eigenvalue weighted by Gasteiger charge is 2.28. The Balaban J connectivity index is 1.38. The van der Waals surface area contributed by atoms with E-state index >= 15 is 0 Å². The highest BCUT2D eigenvalue weighted by Crippen LogP contribution is 2.29. The van der Waals surface area contributed by atoms with Crippen LogP contribution in [0.5, 0.6) is 5.75 Å². The Kier molecular flexibility index (Phi) is 10.4. The van der Waals surface area contributed by atoms with Crippen LogP contribution in [0.4, 0.5) is 11.4 Å². The standard InChI is InChI=1S/C31H28Cl2N4O5S/c1-21-7-14-26(15-8-21)43(40,41)37(29-16-11-24(32)17-22(29)2)19-30(38)36-34-18-23-9-12-25(13-10-23)42-20-31(39)35-28-6-4-3-5-27(28)33/h3-18H,19-20H2,1-2H3,(H,35,39)(H,36,38)/b34-18-. The van der Waals surface area contributed by atoms with Gasteiger partial charge < -0.3 is 10.1 Å². The molecule has 0 bridgehead atoms. The van der Waals surface area contributed by atoms with Crippen molar-refractivity contribution in [2.24, 2.45) is 5.10 Å². The fraction of sp³-hybridized carbons (Fsp3) is 0.129. The van der Waals surface area contributed by atoms with E-state index < -0.39 is 22.5 Å². The Bertz CT molecular complexity index is 1750. The van der Waals surface area contributed by atoms with E-state index in [0.717, 1.165) is 9.87 Å². The van der Waals surface area contributed by atoms with Crippen LogP contribution in [0.2, 0.25) is 10.0 Å². The first-order valence-electron chi connectivity index (χ1n) is 13.0. The van der Waals surface area contributed by atoms with Crippen molar-refractivity contribution < 1.29 is 22.7 Å². The summed E-state index contributed by atoms with van der Waals surface area (Å²) in [6.45, 7) is 2.84. The van der Waals surface area contributed by atoms with Gasteiger partial charge in [0.15, 0.2) is 6.61 Å². The van der Waals surface area contributed by atoms with Crippen LogP contribution >= 0.6 is 23.2 Å². The molecule has 0 radical (unpaired) electrons. The highest BCUT2D eigenvalue weighted by molar-refractivity contribution is 7.92. The molecule has 0 unspecified atom stereocenters. The van der Waals surface area contributed by atoms with Gasteiger partial charge in [0.2, 0.25) is 0 Å². The maximum Gasteiger partial charge on any atom is 0.264 e. The molecule has 43 heavy (non-hydrogen) atoms. The van der Waals surface area contributed by atoms with Gasteiger partial charge in [0.1, 0.15) is 12.3 Å². The molecule has 4 rings (SSSR count). The molecule has 222 valence electrons. The molecule has 0 aliphatic carbocycles. The molecular weight excluding hydrogens is 611 g/mol. The van der Waals surface area contributed by atoms with Crippen molar-refractivity contribution >= 4 is 62.6 Å². The summed E-state index contributed by atoms with van der Waals surface area (Å²) in [5.74, 6) is -0.565. The number of aryl methyl sites for hydroxylation is 2. The number of hydrogen-bond acceptors (Lipinski definition) is 6. The third-order valence-corrected chi connectivity index (χ3v) is 8.46. The SMILES string of the molecule is Cc1ccc(S(=O)(=O)N(CC(=O)N/N=C\c2ccc(OCC(=O)Nc3ccccc3Cl)cc2)c2ccc(Cl)cc2C)cc1. The number of para-hydroxylation sites is 1. The molecule has 9 nitrogen and oxygen atoms in total. The molecule has 0 atom stereocenters. The van der Waals surface area contributed by atoms with Gasteiger partial charge in [-0.2, -0.15) is 5.10 Å². The van der Waals surface area contributed by atoms with E-state index in [2.05, 4.69) is 15.8 Å². The number of nitrogens with one attached hydrogen (secondary N) is 2. The lowest BCUT2D eigenvalue weighted by molar-refractivity contribution is -0.119. The zero-order valence-corrected chi connectivity index (χ0v) is 25.6. The molecule has 0 aliphatic heterocycles. The van der Waals surface area contributed by atoms with Gasteiger partial charge in [0.05, 0.1) is 27.5 Å². The van der Waals surface area contributed by atoms with E-state index in [1.807, 2.05) is 6.92 Å². The molecule has 4 aromatic rings. The van der Waals surface area contributed by atoms with Crippen molar-refractivity contribution in [2.75, 3.05) is 22.8 Å². The number of benzene rings is 4. The average molecular weight is 640 g/mol. The normalized spacial score (nSPS) is 11.3. The zero-order chi connectivity index (χ0) is 31.0. The van der Waals surface area contributed by atoms with Crippen molar-refractivity contribution in [3.05, 3.63) is 118 Å². The van der Waals surface area contributed by atoms with Gasteiger partial charge in [-0.05, 0) is 91.7 Å². The van der Waals surface area contributed by atoms with Crippen molar-refractivity contribution in [1.82, 2.24) is 5.43 Å². The first-order chi connectivity index (χ1) is 20.5. The van der Waals surface area contributed by atoms with Crippen LogP contribution in [0, 0.1) is 13.8 Å². The predicted molar refractivity (Wildman–Crippen MR) is 170 cm³/mol. The summed E-state index contributed by atoms with van der Waals surface area (Å²) < 4.78 is 33.7. The lowest BCUT2D eigenvalue weighted by Gasteiger charge is -2.25. The van der Waals surface area contributed by atoms with E-state index in [-0.39, 0.29) is 17.4 Å². The first kappa shape index (κ1) is 31.6. The lowest BCUT2D eigenvalue weighted by atomic mass is 10.2. The number of amides is 2. The van der Waals surface area contributed by atoms with Gasteiger partial charge in [-0.3, -0.25) is 13.9 Å². The smallest absolute Gasteiger partial charge is 0.264 e. The van der Waals surface area contributed by atoms with E-state index in [4.69, 9.17) is 27.9 Å². The quantitative estimate of drug-likeness (QED) is 0.155. The highest BCUT2D eigenvalue weighted by atomic mass is 35.5.